The molecular formula is C10H10N6O3S. The van der Waals surface area contributed by atoms with E-state index in [2.05, 4.69) is 25.0 Å². The molecule has 0 saturated carbocycles. The molecule has 1 amide bonds. The molecule has 0 atom stereocenters. The molecular weight excluding hydrogens is 284 g/mol. The number of pyridine rings is 1. The molecule has 2 aromatic rings. The minimum atomic E-state index is -0.613. The normalized spacial score (nSPS) is 10.1. The van der Waals surface area contributed by atoms with E-state index in [0.29, 0.717) is 11.0 Å². The van der Waals surface area contributed by atoms with E-state index in [1.807, 2.05) is 0 Å². The summed E-state index contributed by atoms with van der Waals surface area (Å²) in [4.78, 5) is 30.1. The molecule has 2 N–H and O–H groups in total. The summed E-state index contributed by atoms with van der Waals surface area (Å²) < 4.78 is 3.93. The molecule has 2 aromatic heterocycles. The lowest BCUT2D eigenvalue weighted by atomic mass is 10.2. The van der Waals surface area contributed by atoms with Gasteiger partial charge >= 0.3 is 0 Å². The summed E-state index contributed by atoms with van der Waals surface area (Å²) in [6, 6.07) is 1.15. The molecule has 0 bridgehead atoms. The Morgan fingerprint density at radius 2 is 2.25 bits per heavy atom. The van der Waals surface area contributed by atoms with Gasteiger partial charge in [0, 0.05) is 24.6 Å². The first-order valence-corrected chi connectivity index (χ1v) is 6.22. The Balaban J connectivity index is 2.32. The Morgan fingerprint density at radius 1 is 1.50 bits per heavy atom. The van der Waals surface area contributed by atoms with E-state index in [1.165, 1.54) is 0 Å². The number of aryl methyl sites for hydroxylation is 1. The number of hydrogen-bond acceptors (Lipinski definition) is 8. The first-order chi connectivity index (χ1) is 9.51. The highest BCUT2D eigenvalue weighted by molar-refractivity contribution is 7.09. The minimum Gasteiger partial charge on any atom is -0.372 e. The molecule has 0 aliphatic rings. The van der Waals surface area contributed by atoms with Gasteiger partial charge in [0.15, 0.2) is 0 Å². The van der Waals surface area contributed by atoms with Crippen molar-refractivity contribution in [2.45, 2.75) is 6.92 Å². The molecule has 20 heavy (non-hydrogen) atoms. The minimum absolute atomic E-state index is 0.0644. The first kappa shape index (κ1) is 13.8. The highest BCUT2D eigenvalue weighted by Gasteiger charge is 2.18. The summed E-state index contributed by atoms with van der Waals surface area (Å²) in [5.41, 5.74) is -0.197. The smallest absolute Gasteiger partial charge is 0.288 e. The summed E-state index contributed by atoms with van der Waals surface area (Å²) in [5, 5.41) is 16.3. The quantitative estimate of drug-likeness (QED) is 0.646. The molecule has 2 rings (SSSR count). The number of anilines is 2. The average Bonchev–Trinajstić information content (AvgIpc) is 2.83. The maximum absolute atomic E-state index is 12.1. The van der Waals surface area contributed by atoms with E-state index in [1.54, 1.807) is 14.0 Å². The van der Waals surface area contributed by atoms with Crippen LogP contribution in [-0.4, -0.2) is 32.2 Å². The van der Waals surface area contributed by atoms with Crippen molar-refractivity contribution in [3.05, 3.63) is 33.8 Å². The topological polar surface area (TPSA) is 123 Å². The predicted molar refractivity (Wildman–Crippen MR) is 73.0 cm³/mol. The van der Waals surface area contributed by atoms with Gasteiger partial charge in [-0.2, -0.15) is 4.37 Å². The van der Waals surface area contributed by atoms with E-state index in [-0.39, 0.29) is 17.1 Å². The second-order valence-electron chi connectivity index (χ2n) is 3.70. The van der Waals surface area contributed by atoms with E-state index in [4.69, 9.17) is 0 Å². The zero-order chi connectivity index (χ0) is 14.7. The van der Waals surface area contributed by atoms with E-state index in [9.17, 15) is 14.9 Å². The van der Waals surface area contributed by atoms with Crippen LogP contribution >= 0.6 is 11.5 Å². The number of nitrogens with zero attached hydrogens (tertiary/aromatic N) is 4. The Kier molecular flexibility index (Phi) is 3.84. The molecule has 0 radical (unpaired) electrons. The Hall–Kier alpha value is -2.62. The van der Waals surface area contributed by atoms with Gasteiger partial charge in [-0.3, -0.25) is 20.2 Å². The van der Waals surface area contributed by atoms with Crippen LogP contribution in [0.25, 0.3) is 0 Å². The number of rotatable bonds is 4. The van der Waals surface area contributed by atoms with Crippen LogP contribution in [0.15, 0.2) is 12.3 Å². The van der Waals surface area contributed by atoms with Crippen LogP contribution in [0.3, 0.4) is 0 Å². The van der Waals surface area contributed by atoms with Crippen molar-refractivity contribution in [2.24, 2.45) is 0 Å². The fourth-order valence-corrected chi connectivity index (χ4v) is 2.01. The zero-order valence-corrected chi connectivity index (χ0v) is 11.4. The van der Waals surface area contributed by atoms with E-state index in [0.717, 1.165) is 23.8 Å². The van der Waals surface area contributed by atoms with E-state index >= 15 is 0 Å². The molecule has 0 spiro atoms. The van der Waals surface area contributed by atoms with Gasteiger partial charge in [-0.15, -0.1) is 0 Å². The first-order valence-electron chi connectivity index (χ1n) is 5.45. The molecule has 0 unspecified atom stereocenters. The van der Waals surface area contributed by atoms with Crippen molar-refractivity contribution in [3.8, 4) is 0 Å². The highest BCUT2D eigenvalue weighted by Crippen LogP contribution is 2.20. The molecule has 9 nitrogen and oxygen atoms in total. The van der Waals surface area contributed by atoms with Crippen molar-refractivity contribution in [1.82, 2.24) is 14.3 Å². The predicted octanol–water partition coefficient (Wildman–Crippen LogP) is 1.44. The van der Waals surface area contributed by atoms with Crippen LogP contribution < -0.4 is 10.6 Å². The molecule has 0 aromatic carbocycles. The Bertz CT molecular complexity index is 671. The standard InChI is InChI=1S/C10H10N6O3S/c1-5-13-10(20-15-5)14-9(17)7-3-6(16(18)19)4-12-8(7)11-2/h3-4H,1-2H3,(H,11,12)(H,13,14,15,17). The van der Waals surface area contributed by atoms with Crippen molar-refractivity contribution in [3.63, 3.8) is 0 Å². The van der Waals surface area contributed by atoms with E-state index < -0.39 is 10.8 Å². The summed E-state index contributed by atoms with van der Waals surface area (Å²) in [6.45, 7) is 1.69. The number of nitrogens with one attached hydrogen (secondary N) is 2. The SMILES string of the molecule is CNc1ncc([N+](=O)[O-])cc1C(=O)Nc1nc(C)ns1. The van der Waals surface area contributed by atoms with Gasteiger partial charge in [-0.1, -0.05) is 0 Å². The molecule has 104 valence electrons. The number of hydrogen-bond donors (Lipinski definition) is 2. The fourth-order valence-electron chi connectivity index (χ4n) is 1.44. The third-order valence-electron chi connectivity index (χ3n) is 2.31. The number of nitro groups is 1. The van der Waals surface area contributed by atoms with Crippen LogP contribution in [0.1, 0.15) is 16.2 Å². The number of aromatic nitrogens is 3. The Labute approximate surface area is 117 Å². The van der Waals surface area contributed by atoms with Crippen molar-refractivity contribution >= 4 is 34.1 Å². The summed E-state index contributed by atoms with van der Waals surface area (Å²) in [5.74, 6) is 0.243. The average molecular weight is 294 g/mol. The number of carbonyl (C=O) groups is 1. The molecule has 10 heteroatoms. The van der Waals surface area contributed by atoms with Crippen LogP contribution in [-0.2, 0) is 0 Å². The molecule has 0 saturated heterocycles. The molecule has 0 fully saturated rings. The lowest BCUT2D eigenvalue weighted by Crippen LogP contribution is -2.15. The van der Waals surface area contributed by atoms with Gasteiger partial charge in [0.05, 0.1) is 10.5 Å². The van der Waals surface area contributed by atoms with Gasteiger partial charge in [0.1, 0.15) is 17.8 Å². The second-order valence-corrected chi connectivity index (χ2v) is 4.45. The van der Waals surface area contributed by atoms with Crippen molar-refractivity contribution in [1.29, 1.82) is 0 Å². The van der Waals surface area contributed by atoms with Crippen molar-refractivity contribution < 1.29 is 9.72 Å². The summed E-state index contributed by atoms with van der Waals surface area (Å²) in [7, 11) is 1.57. The van der Waals surface area contributed by atoms with Gasteiger partial charge in [0.2, 0.25) is 5.13 Å². The van der Waals surface area contributed by atoms with Crippen molar-refractivity contribution in [2.75, 3.05) is 17.7 Å². The third-order valence-corrected chi connectivity index (χ3v) is 3.04. The fraction of sp³-hybridized carbons (Fsp3) is 0.200. The van der Waals surface area contributed by atoms with Crippen LogP contribution in [0.4, 0.5) is 16.6 Å². The molecule has 0 aliphatic heterocycles. The number of amides is 1. The Morgan fingerprint density at radius 3 is 2.80 bits per heavy atom. The van der Waals surface area contributed by atoms with Crippen LogP contribution in [0.2, 0.25) is 0 Å². The lowest BCUT2D eigenvalue weighted by molar-refractivity contribution is -0.385. The summed E-state index contributed by atoms with van der Waals surface area (Å²) in [6.07, 6.45) is 1.08. The maximum Gasteiger partial charge on any atom is 0.288 e. The maximum atomic E-state index is 12.1. The van der Waals surface area contributed by atoms with Gasteiger partial charge < -0.3 is 5.32 Å². The molecule has 0 aliphatic carbocycles. The van der Waals surface area contributed by atoms with Gasteiger partial charge in [0.25, 0.3) is 11.6 Å². The molecule has 2 heterocycles. The highest BCUT2D eigenvalue weighted by atomic mass is 32.1. The summed E-state index contributed by atoms with van der Waals surface area (Å²) >= 11 is 1.03. The van der Waals surface area contributed by atoms with Gasteiger partial charge in [-0.05, 0) is 6.92 Å². The van der Waals surface area contributed by atoms with Crippen LogP contribution in [0, 0.1) is 17.0 Å². The van der Waals surface area contributed by atoms with Crippen LogP contribution in [0.5, 0.6) is 0 Å². The van der Waals surface area contributed by atoms with Gasteiger partial charge in [-0.25, -0.2) is 9.97 Å². The zero-order valence-electron chi connectivity index (χ0n) is 10.6. The lowest BCUT2D eigenvalue weighted by Gasteiger charge is -2.06. The number of carbonyl (C=O) groups excluding carboxylic acids is 1. The third kappa shape index (κ3) is 2.85. The monoisotopic (exact) mass is 294 g/mol. The largest absolute Gasteiger partial charge is 0.372 e. The second kappa shape index (κ2) is 5.57.